The van der Waals surface area contributed by atoms with Crippen molar-refractivity contribution < 1.29 is 10.2 Å². The predicted molar refractivity (Wildman–Crippen MR) is 51.4 cm³/mol. The fourth-order valence-corrected chi connectivity index (χ4v) is 1.39. The number of thiocarbonyl (C=S) groups is 1. The van der Waals surface area contributed by atoms with Crippen molar-refractivity contribution in [3.05, 3.63) is 0 Å². The van der Waals surface area contributed by atoms with Crippen LogP contribution >= 0.6 is 24.0 Å². The minimum atomic E-state index is -0.0698. The van der Waals surface area contributed by atoms with E-state index >= 15 is 0 Å². The highest BCUT2D eigenvalue weighted by atomic mass is 32.2. The number of hydrogen-bond acceptors (Lipinski definition) is 4. The Morgan fingerprint density at radius 2 is 2.18 bits per heavy atom. The zero-order chi connectivity index (χ0) is 8.69. The van der Waals surface area contributed by atoms with Crippen molar-refractivity contribution in [1.29, 1.82) is 0 Å². The summed E-state index contributed by atoms with van der Waals surface area (Å²) < 4.78 is 0.553. The van der Waals surface area contributed by atoms with Gasteiger partial charge in [0.05, 0.1) is 5.94 Å². The second-order valence-corrected chi connectivity index (χ2v) is 3.52. The number of aliphatic hydroxyl groups excluding tert-OH is 2. The van der Waals surface area contributed by atoms with Gasteiger partial charge in [0.2, 0.25) is 0 Å². The molecule has 0 bridgehead atoms. The van der Waals surface area contributed by atoms with Crippen LogP contribution in [0.25, 0.3) is 0 Å². The van der Waals surface area contributed by atoms with E-state index in [1.165, 1.54) is 0 Å². The van der Waals surface area contributed by atoms with E-state index < -0.39 is 0 Å². The monoisotopic (exact) mass is 195 g/mol. The van der Waals surface area contributed by atoms with E-state index in [1.54, 1.807) is 4.90 Å². The molecule has 2 N–H and O–H groups in total. The van der Waals surface area contributed by atoms with E-state index in [0.717, 1.165) is 24.7 Å². The van der Waals surface area contributed by atoms with Crippen LogP contribution in [0.3, 0.4) is 0 Å². The minimum Gasteiger partial charge on any atom is -0.385 e. The molecule has 0 aromatic carbocycles. The van der Waals surface area contributed by atoms with Gasteiger partial charge in [-0.2, -0.15) is 0 Å². The van der Waals surface area contributed by atoms with Gasteiger partial charge in [0.1, 0.15) is 11.1 Å². The highest BCUT2D eigenvalue weighted by molar-refractivity contribution is 8.22. The Morgan fingerprint density at radius 1 is 1.55 bits per heavy atom. The quantitative estimate of drug-likeness (QED) is 0.508. The first-order valence-corrected chi connectivity index (χ1v) is 4.79. The van der Waals surface area contributed by atoms with Gasteiger partial charge in [-0.25, -0.2) is 0 Å². The van der Waals surface area contributed by atoms with Crippen LogP contribution in [0.4, 0.5) is 0 Å². The third kappa shape index (κ3) is 4.58. The molecule has 0 saturated carbocycles. The van der Waals surface area contributed by atoms with Gasteiger partial charge in [-0.15, -0.1) is 0 Å². The van der Waals surface area contributed by atoms with Crippen LogP contribution < -0.4 is 0 Å². The molecular formula is C6H13NO2S2. The van der Waals surface area contributed by atoms with Crippen molar-refractivity contribution in [3.63, 3.8) is 0 Å². The molecule has 0 rings (SSSR count). The standard InChI is InChI=1S/C6H13NO2S2/c1-2-3-7(4-8)6(10)11-5-9/h8-9H,2-5H2,1H3. The summed E-state index contributed by atoms with van der Waals surface area (Å²) in [5.74, 6) is -0.0287. The largest absolute Gasteiger partial charge is 0.385 e. The van der Waals surface area contributed by atoms with Gasteiger partial charge in [0.15, 0.2) is 0 Å². The van der Waals surface area contributed by atoms with E-state index in [2.05, 4.69) is 0 Å². The van der Waals surface area contributed by atoms with Crippen LogP contribution in [0.1, 0.15) is 13.3 Å². The van der Waals surface area contributed by atoms with Crippen LogP contribution in [0.2, 0.25) is 0 Å². The van der Waals surface area contributed by atoms with Crippen LogP contribution in [0.15, 0.2) is 0 Å². The molecule has 0 atom stereocenters. The van der Waals surface area contributed by atoms with Gasteiger partial charge >= 0.3 is 0 Å². The number of thioether (sulfide) groups is 1. The lowest BCUT2D eigenvalue weighted by Gasteiger charge is -2.20. The van der Waals surface area contributed by atoms with Crippen LogP contribution in [0, 0.1) is 0 Å². The SMILES string of the molecule is CCCN(CO)C(=S)SCO. The Balaban J connectivity index is 3.71. The second kappa shape index (κ2) is 6.84. The van der Waals surface area contributed by atoms with Gasteiger partial charge < -0.3 is 15.1 Å². The molecule has 0 aliphatic rings. The van der Waals surface area contributed by atoms with Gasteiger partial charge in [-0.3, -0.25) is 0 Å². The average Bonchev–Trinajstić information content (AvgIpc) is 2.00. The maximum Gasteiger partial charge on any atom is 0.140 e. The Kier molecular flexibility index (Phi) is 6.94. The first kappa shape index (κ1) is 11.2. The molecule has 0 unspecified atom stereocenters. The highest BCUT2D eigenvalue weighted by Gasteiger charge is 2.05. The molecule has 0 amide bonds. The molecule has 0 aliphatic carbocycles. The Morgan fingerprint density at radius 3 is 2.55 bits per heavy atom. The lowest BCUT2D eigenvalue weighted by atomic mass is 10.5. The lowest BCUT2D eigenvalue weighted by molar-refractivity contribution is 0.175. The molecule has 11 heavy (non-hydrogen) atoms. The zero-order valence-corrected chi connectivity index (χ0v) is 8.12. The second-order valence-electron chi connectivity index (χ2n) is 1.94. The van der Waals surface area contributed by atoms with E-state index in [-0.39, 0.29) is 12.7 Å². The van der Waals surface area contributed by atoms with E-state index in [4.69, 9.17) is 22.4 Å². The molecule has 5 heteroatoms. The molecule has 0 aromatic heterocycles. The normalized spacial score (nSPS) is 9.73. The number of nitrogens with zero attached hydrogens (tertiary/aromatic N) is 1. The fraction of sp³-hybridized carbons (Fsp3) is 0.833. The fourth-order valence-electron chi connectivity index (χ4n) is 0.636. The van der Waals surface area contributed by atoms with Gasteiger partial charge in [-0.1, -0.05) is 30.9 Å². The molecule has 3 nitrogen and oxygen atoms in total. The van der Waals surface area contributed by atoms with Crippen molar-refractivity contribution in [2.75, 3.05) is 19.2 Å². The molecule has 66 valence electrons. The Labute approximate surface area is 76.4 Å². The van der Waals surface area contributed by atoms with E-state index in [9.17, 15) is 0 Å². The maximum atomic E-state index is 8.80. The van der Waals surface area contributed by atoms with Gasteiger partial charge in [0.25, 0.3) is 0 Å². The minimum absolute atomic E-state index is 0.0287. The first-order valence-electron chi connectivity index (χ1n) is 3.39. The molecule has 0 heterocycles. The van der Waals surface area contributed by atoms with Crippen molar-refractivity contribution in [2.24, 2.45) is 0 Å². The maximum absolute atomic E-state index is 8.80. The zero-order valence-electron chi connectivity index (χ0n) is 6.49. The first-order chi connectivity index (χ1) is 5.26. The highest BCUT2D eigenvalue weighted by Crippen LogP contribution is 2.07. The molecule has 0 radical (unpaired) electrons. The lowest BCUT2D eigenvalue weighted by Crippen LogP contribution is -2.29. The summed E-state index contributed by atoms with van der Waals surface area (Å²) in [5.41, 5.74) is 0. The Bertz CT molecular complexity index is 121. The van der Waals surface area contributed by atoms with Crippen LogP contribution in [-0.4, -0.2) is 38.6 Å². The van der Waals surface area contributed by atoms with Crippen molar-refractivity contribution in [2.45, 2.75) is 13.3 Å². The topological polar surface area (TPSA) is 43.7 Å². The summed E-state index contributed by atoms with van der Waals surface area (Å²) >= 11 is 6.06. The summed E-state index contributed by atoms with van der Waals surface area (Å²) in [4.78, 5) is 1.65. The number of hydrogen-bond donors (Lipinski definition) is 2. The van der Waals surface area contributed by atoms with Gasteiger partial charge in [0, 0.05) is 6.54 Å². The molecule has 0 spiro atoms. The van der Waals surface area contributed by atoms with E-state index in [0.29, 0.717) is 4.32 Å². The number of aliphatic hydroxyl groups is 2. The summed E-state index contributed by atoms with van der Waals surface area (Å²) in [7, 11) is 0. The Hall–Kier alpha value is 0.160. The molecule has 0 fully saturated rings. The van der Waals surface area contributed by atoms with E-state index in [1.807, 2.05) is 6.92 Å². The summed E-state index contributed by atoms with van der Waals surface area (Å²) in [6.45, 7) is 2.68. The summed E-state index contributed by atoms with van der Waals surface area (Å²) in [6.07, 6.45) is 0.937. The van der Waals surface area contributed by atoms with Crippen LogP contribution in [0.5, 0.6) is 0 Å². The molecule has 0 aromatic rings. The van der Waals surface area contributed by atoms with Crippen molar-refractivity contribution >= 4 is 28.3 Å². The van der Waals surface area contributed by atoms with Crippen LogP contribution in [-0.2, 0) is 0 Å². The summed E-state index contributed by atoms with van der Waals surface area (Å²) in [5, 5.41) is 17.3. The van der Waals surface area contributed by atoms with Crippen molar-refractivity contribution in [3.8, 4) is 0 Å². The average molecular weight is 195 g/mol. The van der Waals surface area contributed by atoms with Gasteiger partial charge in [-0.05, 0) is 6.42 Å². The smallest absolute Gasteiger partial charge is 0.140 e. The molecule has 0 saturated heterocycles. The number of rotatable bonds is 4. The summed E-state index contributed by atoms with van der Waals surface area (Å²) in [6, 6.07) is 0. The molecular weight excluding hydrogens is 182 g/mol. The predicted octanol–water partition coefficient (Wildman–Crippen LogP) is 0.616. The molecule has 0 aliphatic heterocycles. The third-order valence-electron chi connectivity index (χ3n) is 1.11. The van der Waals surface area contributed by atoms with Crippen molar-refractivity contribution in [1.82, 2.24) is 4.90 Å². The third-order valence-corrected chi connectivity index (χ3v) is 2.36.